The van der Waals surface area contributed by atoms with Gasteiger partial charge in [0.2, 0.25) is 0 Å². The minimum atomic E-state index is -0.205. The van der Waals surface area contributed by atoms with Crippen molar-refractivity contribution in [3.05, 3.63) is 36.0 Å². The Balaban J connectivity index is 1.36. The van der Waals surface area contributed by atoms with Crippen molar-refractivity contribution in [1.82, 2.24) is 20.2 Å². The summed E-state index contributed by atoms with van der Waals surface area (Å²) in [4.78, 5) is 26.4. The number of aromatic nitrogens is 2. The number of benzene rings is 1. The third-order valence-electron chi connectivity index (χ3n) is 5.61. The lowest BCUT2D eigenvalue weighted by Gasteiger charge is -2.28. The van der Waals surface area contributed by atoms with Crippen LogP contribution in [0, 0.1) is 0 Å². The third-order valence-corrected chi connectivity index (χ3v) is 6.20. The molecule has 0 atom stereocenters. The first-order chi connectivity index (χ1) is 16.2. The fraction of sp³-hybridized carbons (Fsp3) is 0.522. The number of amides is 2. The van der Waals surface area contributed by atoms with E-state index in [4.69, 9.17) is 19.4 Å². The number of nitrogens with zero attached hydrogens (tertiary/aromatic N) is 4. The second-order valence-electron chi connectivity index (χ2n) is 7.99. The second-order valence-corrected chi connectivity index (χ2v) is 8.85. The zero-order valence-electron chi connectivity index (χ0n) is 19.1. The fourth-order valence-corrected chi connectivity index (χ4v) is 4.26. The van der Waals surface area contributed by atoms with E-state index >= 15 is 0 Å². The molecule has 9 nitrogen and oxygen atoms in total. The molecule has 0 radical (unpaired) electrons. The van der Waals surface area contributed by atoms with Gasteiger partial charge in [-0.05, 0) is 30.5 Å². The van der Waals surface area contributed by atoms with Crippen molar-refractivity contribution in [3.63, 3.8) is 0 Å². The van der Waals surface area contributed by atoms with Crippen LogP contribution in [0.5, 0.6) is 0 Å². The van der Waals surface area contributed by atoms with Crippen LogP contribution in [-0.2, 0) is 15.2 Å². The highest BCUT2D eigenvalue weighted by molar-refractivity contribution is 7.97. The lowest BCUT2D eigenvalue weighted by Crippen LogP contribution is -2.42. The van der Waals surface area contributed by atoms with E-state index in [2.05, 4.69) is 32.8 Å². The largest absolute Gasteiger partial charge is 0.379 e. The summed E-state index contributed by atoms with van der Waals surface area (Å²) in [5.41, 5.74) is 2.66. The number of hydrogen-bond donors (Lipinski definition) is 2. The average Bonchev–Trinajstić information content (AvgIpc) is 2.86. The fourth-order valence-electron chi connectivity index (χ4n) is 3.82. The summed E-state index contributed by atoms with van der Waals surface area (Å²) >= 11 is 1.74. The maximum atomic E-state index is 12.2. The highest BCUT2D eigenvalue weighted by atomic mass is 32.2. The third kappa shape index (κ3) is 7.04. The molecule has 2 N–H and O–H groups in total. The molecule has 2 aliphatic rings. The molecular formula is C23H32N6O3S. The van der Waals surface area contributed by atoms with E-state index in [1.54, 1.807) is 11.8 Å². The Bertz CT molecular complexity index is 902. The van der Waals surface area contributed by atoms with E-state index in [0.29, 0.717) is 25.6 Å². The Kier molecular flexibility index (Phi) is 8.76. The molecule has 1 aromatic heterocycles. The quantitative estimate of drug-likeness (QED) is 0.605. The van der Waals surface area contributed by atoms with Gasteiger partial charge in [-0.3, -0.25) is 4.90 Å². The minimum absolute atomic E-state index is 0.205. The van der Waals surface area contributed by atoms with Crippen LogP contribution in [0.4, 0.5) is 16.3 Å². The van der Waals surface area contributed by atoms with Crippen molar-refractivity contribution < 1.29 is 14.3 Å². The molecule has 0 bridgehead atoms. The summed E-state index contributed by atoms with van der Waals surface area (Å²) in [6, 6.07) is 9.53. The highest BCUT2D eigenvalue weighted by Gasteiger charge is 2.16. The lowest BCUT2D eigenvalue weighted by atomic mass is 10.2. The second kappa shape index (κ2) is 12.2. The van der Waals surface area contributed by atoms with Gasteiger partial charge < -0.3 is 25.0 Å². The van der Waals surface area contributed by atoms with E-state index < -0.39 is 0 Å². The SMILES string of the molecule is CSCc1cc(N2CCOCC2)nc(-c2ccc(NC(=O)NCCN3CCOCC3)cc2)n1. The maximum Gasteiger partial charge on any atom is 0.319 e. The number of anilines is 2. The first-order valence-corrected chi connectivity index (χ1v) is 12.8. The number of urea groups is 1. The van der Waals surface area contributed by atoms with Crippen LogP contribution in [-0.4, -0.2) is 92.9 Å². The van der Waals surface area contributed by atoms with E-state index in [0.717, 1.165) is 74.5 Å². The number of morpholine rings is 2. The Hall–Kier alpha value is -2.40. The van der Waals surface area contributed by atoms with E-state index in [-0.39, 0.29) is 6.03 Å². The Labute approximate surface area is 199 Å². The van der Waals surface area contributed by atoms with Crippen LogP contribution in [0.25, 0.3) is 11.4 Å². The molecule has 178 valence electrons. The van der Waals surface area contributed by atoms with E-state index in [9.17, 15) is 4.79 Å². The molecule has 0 aliphatic carbocycles. The van der Waals surface area contributed by atoms with E-state index in [1.165, 1.54) is 0 Å². The summed E-state index contributed by atoms with van der Waals surface area (Å²) in [6.45, 7) is 7.87. The smallest absolute Gasteiger partial charge is 0.319 e. The van der Waals surface area contributed by atoms with Crippen LogP contribution < -0.4 is 15.5 Å². The van der Waals surface area contributed by atoms with E-state index in [1.807, 2.05) is 24.3 Å². The Morgan fingerprint density at radius 2 is 1.73 bits per heavy atom. The monoisotopic (exact) mass is 472 g/mol. The first-order valence-electron chi connectivity index (χ1n) is 11.4. The molecule has 4 rings (SSSR count). The molecule has 2 fully saturated rings. The number of ether oxygens (including phenoxy) is 2. The molecule has 2 aliphatic heterocycles. The summed E-state index contributed by atoms with van der Waals surface area (Å²) < 4.78 is 10.8. The molecule has 0 unspecified atom stereocenters. The van der Waals surface area contributed by atoms with Gasteiger partial charge in [0.05, 0.1) is 32.1 Å². The number of thioether (sulfide) groups is 1. The summed E-state index contributed by atoms with van der Waals surface area (Å²) in [7, 11) is 0. The topological polar surface area (TPSA) is 91.8 Å². The predicted octanol–water partition coefficient (Wildman–Crippen LogP) is 2.30. The molecule has 0 saturated carbocycles. The van der Waals surface area contributed by atoms with Crippen LogP contribution in [0.3, 0.4) is 0 Å². The van der Waals surface area contributed by atoms with Crippen molar-refractivity contribution in [1.29, 1.82) is 0 Å². The summed E-state index contributed by atoms with van der Waals surface area (Å²) in [5.74, 6) is 2.47. The minimum Gasteiger partial charge on any atom is -0.379 e. The van der Waals surface area contributed by atoms with Gasteiger partial charge in [0, 0.05) is 62.3 Å². The number of rotatable bonds is 8. The molecule has 3 heterocycles. The van der Waals surface area contributed by atoms with Gasteiger partial charge in [-0.2, -0.15) is 11.8 Å². The molecule has 0 spiro atoms. The Morgan fingerprint density at radius 3 is 2.42 bits per heavy atom. The van der Waals surface area contributed by atoms with Crippen molar-refractivity contribution in [2.24, 2.45) is 0 Å². The average molecular weight is 473 g/mol. The predicted molar refractivity (Wildman–Crippen MR) is 132 cm³/mol. The number of carbonyl (C=O) groups is 1. The van der Waals surface area contributed by atoms with Gasteiger partial charge in [-0.25, -0.2) is 14.8 Å². The van der Waals surface area contributed by atoms with Gasteiger partial charge >= 0.3 is 6.03 Å². The molecule has 2 saturated heterocycles. The first kappa shape index (κ1) is 23.7. The molecule has 10 heteroatoms. The van der Waals surface area contributed by atoms with Crippen molar-refractivity contribution in [3.8, 4) is 11.4 Å². The zero-order valence-corrected chi connectivity index (χ0v) is 19.9. The molecule has 33 heavy (non-hydrogen) atoms. The summed E-state index contributed by atoms with van der Waals surface area (Å²) in [6.07, 6.45) is 2.07. The summed E-state index contributed by atoms with van der Waals surface area (Å²) in [5, 5.41) is 5.81. The standard InChI is InChI=1S/C23H32N6O3S/c1-33-17-20-16-21(29-10-14-32-15-11-29)27-22(25-20)18-2-4-19(5-3-18)26-23(30)24-6-7-28-8-12-31-13-9-28/h2-5,16H,6-15,17H2,1H3,(H2,24,26,30). The number of hydrogen-bond acceptors (Lipinski definition) is 8. The molecule has 2 aromatic rings. The molecular weight excluding hydrogens is 440 g/mol. The number of carbonyl (C=O) groups excluding carboxylic acids is 1. The van der Waals surface area contributed by atoms with Crippen molar-refractivity contribution in [2.75, 3.05) is 82.2 Å². The Morgan fingerprint density at radius 1 is 1.03 bits per heavy atom. The van der Waals surface area contributed by atoms with Crippen LogP contribution in [0.1, 0.15) is 5.69 Å². The lowest BCUT2D eigenvalue weighted by molar-refractivity contribution is 0.0388. The van der Waals surface area contributed by atoms with Gasteiger partial charge in [-0.1, -0.05) is 0 Å². The van der Waals surface area contributed by atoms with Gasteiger partial charge in [0.15, 0.2) is 5.82 Å². The van der Waals surface area contributed by atoms with Gasteiger partial charge in [0.1, 0.15) is 5.82 Å². The normalized spacial score (nSPS) is 17.1. The van der Waals surface area contributed by atoms with Crippen LogP contribution >= 0.6 is 11.8 Å². The molecule has 1 aromatic carbocycles. The van der Waals surface area contributed by atoms with Gasteiger partial charge in [-0.15, -0.1) is 0 Å². The van der Waals surface area contributed by atoms with Crippen LogP contribution in [0.2, 0.25) is 0 Å². The zero-order chi connectivity index (χ0) is 22.9. The van der Waals surface area contributed by atoms with Crippen molar-refractivity contribution >= 4 is 29.3 Å². The van der Waals surface area contributed by atoms with Crippen LogP contribution in [0.15, 0.2) is 30.3 Å². The van der Waals surface area contributed by atoms with Gasteiger partial charge in [0.25, 0.3) is 0 Å². The maximum absolute atomic E-state index is 12.2. The van der Waals surface area contributed by atoms with Crippen molar-refractivity contribution in [2.45, 2.75) is 5.75 Å². The number of nitrogens with one attached hydrogen (secondary N) is 2. The molecule has 2 amide bonds. The highest BCUT2D eigenvalue weighted by Crippen LogP contribution is 2.24.